The Labute approximate surface area is 79.0 Å². The summed E-state index contributed by atoms with van der Waals surface area (Å²) in [6, 6.07) is 5.72. The lowest BCUT2D eigenvalue weighted by Crippen LogP contribution is -1.78. The predicted octanol–water partition coefficient (Wildman–Crippen LogP) is 3.46. The van der Waals surface area contributed by atoms with Gasteiger partial charge in [0.1, 0.15) is 5.75 Å². The van der Waals surface area contributed by atoms with Gasteiger partial charge in [-0.15, -0.1) is 0 Å². The Morgan fingerprint density at radius 2 is 1.46 bits per heavy atom. The van der Waals surface area contributed by atoms with Gasteiger partial charge in [-0.3, -0.25) is 0 Å². The van der Waals surface area contributed by atoms with Crippen molar-refractivity contribution >= 4 is 12.2 Å². The second kappa shape index (κ2) is 4.51. The van der Waals surface area contributed by atoms with Crippen molar-refractivity contribution in [3.63, 3.8) is 0 Å². The number of rotatable bonds is 2. The molecule has 0 saturated carbocycles. The number of para-hydroxylation sites is 1. The van der Waals surface area contributed by atoms with Gasteiger partial charge < -0.3 is 5.11 Å². The summed E-state index contributed by atoms with van der Waals surface area (Å²) in [6.45, 7) is 3.86. The number of phenols is 1. The molecular weight excluding hydrogens is 160 g/mol. The van der Waals surface area contributed by atoms with E-state index in [0.717, 1.165) is 11.1 Å². The minimum atomic E-state index is 0.346. The minimum absolute atomic E-state index is 0.346. The average molecular weight is 174 g/mol. The fourth-order valence-corrected chi connectivity index (χ4v) is 1.21. The molecule has 0 spiro atoms. The van der Waals surface area contributed by atoms with Gasteiger partial charge in [0, 0.05) is 11.1 Å². The highest BCUT2D eigenvalue weighted by molar-refractivity contribution is 5.66. The Balaban J connectivity index is 3.17. The van der Waals surface area contributed by atoms with Crippen molar-refractivity contribution in [2.45, 2.75) is 13.8 Å². The van der Waals surface area contributed by atoms with Crippen molar-refractivity contribution < 1.29 is 5.11 Å². The molecule has 68 valence electrons. The van der Waals surface area contributed by atoms with Crippen LogP contribution < -0.4 is 0 Å². The molecule has 1 nitrogen and oxygen atoms in total. The Morgan fingerprint density at radius 1 is 1.00 bits per heavy atom. The normalized spacial score (nSPS) is 11.5. The highest BCUT2D eigenvalue weighted by Gasteiger charge is 2.00. The van der Waals surface area contributed by atoms with Gasteiger partial charge in [0.25, 0.3) is 0 Å². The molecule has 1 aromatic rings. The SMILES string of the molecule is C/C=C\c1cccc(/C=C/C)c1O. The largest absolute Gasteiger partial charge is 0.507 e. The third-order valence-electron chi connectivity index (χ3n) is 1.79. The Bertz CT molecular complexity index is 305. The lowest BCUT2D eigenvalue weighted by atomic mass is 10.1. The zero-order valence-corrected chi connectivity index (χ0v) is 7.99. The van der Waals surface area contributed by atoms with Gasteiger partial charge in [-0.25, -0.2) is 0 Å². The topological polar surface area (TPSA) is 20.2 Å². The van der Waals surface area contributed by atoms with E-state index in [0.29, 0.717) is 5.75 Å². The summed E-state index contributed by atoms with van der Waals surface area (Å²) in [6.07, 6.45) is 7.60. The Kier molecular flexibility index (Phi) is 3.32. The lowest BCUT2D eigenvalue weighted by molar-refractivity contribution is 0.473. The summed E-state index contributed by atoms with van der Waals surface area (Å²) < 4.78 is 0. The molecule has 0 aliphatic carbocycles. The van der Waals surface area contributed by atoms with Crippen LogP contribution in [-0.4, -0.2) is 5.11 Å². The van der Waals surface area contributed by atoms with Crippen molar-refractivity contribution in [1.29, 1.82) is 0 Å². The third kappa shape index (κ3) is 2.22. The van der Waals surface area contributed by atoms with Gasteiger partial charge in [0.05, 0.1) is 0 Å². The van der Waals surface area contributed by atoms with E-state index in [1.165, 1.54) is 0 Å². The predicted molar refractivity (Wildman–Crippen MR) is 57.5 cm³/mol. The number of hydrogen-bond acceptors (Lipinski definition) is 1. The first-order valence-electron chi connectivity index (χ1n) is 4.37. The number of benzene rings is 1. The van der Waals surface area contributed by atoms with Crippen LogP contribution in [0.5, 0.6) is 5.75 Å². The van der Waals surface area contributed by atoms with Crippen molar-refractivity contribution in [3.8, 4) is 5.75 Å². The van der Waals surface area contributed by atoms with Crippen LogP contribution in [0.3, 0.4) is 0 Å². The maximum absolute atomic E-state index is 9.75. The quantitative estimate of drug-likeness (QED) is 0.728. The smallest absolute Gasteiger partial charge is 0.129 e. The zero-order valence-electron chi connectivity index (χ0n) is 7.99. The van der Waals surface area contributed by atoms with Crippen molar-refractivity contribution in [1.82, 2.24) is 0 Å². The molecule has 1 rings (SSSR count). The minimum Gasteiger partial charge on any atom is -0.507 e. The molecular formula is C12H14O. The highest BCUT2D eigenvalue weighted by atomic mass is 16.3. The molecule has 13 heavy (non-hydrogen) atoms. The average Bonchev–Trinajstić information content (AvgIpc) is 2.13. The number of allylic oxidation sites excluding steroid dienone is 2. The van der Waals surface area contributed by atoms with E-state index in [4.69, 9.17) is 0 Å². The van der Waals surface area contributed by atoms with Crippen LogP contribution in [0.2, 0.25) is 0 Å². The van der Waals surface area contributed by atoms with E-state index in [-0.39, 0.29) is 0 Å². The molecule has 0 aliphatic rings. The molecule has 1 heteroatoms. The monoisotopic (exact) mass is 174 g/mol. The fraction of sp³-hybridized carbons (Fsp3) is 0.167. The Morgan fingerprint density at radius 3 is 1.85 bits per heavy atom. The maximum atomic E-state index is 9.75. The molecule has 0 aliphatic heterocycles. The number of phenolic OH excluding ortho intramolecular Hbond substituents is 1. The number of hydrogen-bond donors (Lipinski definition) is 1. The highest BCUT2D eigenvalue weighted by Crippen LogP contribution is 2.24. The summed E-state index contributed by atoms with van der Waals surface area (Å²) in [4.78, 5) is 0. The summed E-state index contributed by atoms with van der Waals surface area (Å²) in [5, 5.41) is 9.75. The van der Waals surface area contributed by atoms with E-state index in [1.54, 1.807) is 0 Å². The van der Waals surface area contributed by atoms with Crippen LogP contribution >= 0.6 is 0 Å². The molecule has 0 unspecified atom stereocenters. The molecule has 0 bridgehead atoms. The van der Waals surface area contributed by atoms with Crippen LogP contribution in [0, 0.1) is 0 Å². The maximum Gasteiger partial charge on any atom is 0.129 e. The third-order valence-corrected chi connectivity index (χ3v) is 1.79. The van der Waals surface area contributed by atoms with E-state index in [1.807, 2.05) is 56.4 Å². The molecule has 1 aromatic carbocycles. The molecule has 0 amide bonds. The van der Waals surface area contributed by atoms with Crippen LogP contribution in [0.4, 0.5) is 0 Å². The van der Waals surface area contributed by atoms with Crippen molar-refractivity contribution in [3.05, 3.63) is 41.5 Å². The molecule has 1 N–H and O–H groups in total. The molecule has 0 atom stereocenters. The van der Waals surface area contributed by atoms with Crippen LogP contribution in [0.1, 0.15) is 25.0 Å². The summed E-state index contributed by atoms with van der Waals surface area (Å²) in [5.41, 5.74) is 1.72. The van der Waals surface area contributed by atoms with Crippen molar-refractivity contribution in [2.75, 3.05) is 0 Å². The van der Waals surface area contributed by atoms with Gasteiger partial charge in [-0.1, -0.05) is 42.5 Å². The van der Waals surface area contributed by atoms with Gasteiger partial charge in [0.15, 0.2) is 0 Å². The molecule has 0 radical (unpaired) electrons. The lowest BCUT2D eigenvalue weighted by Gasteiger charge is -2.02. The second-order valence-corrected chi connectivity index (χ2v) is 2.79. The first-order chi connectivity index (χ1) is 6.29. The first-order valence-corrected chi connectivity index (χ1v) is 4.37. The molecule has 0 fully saturated rings. The van der Waals surface area contributed by atoms with Gasteiger partial charge >= 0.3 is 0 Å². The van der Waals surface area contributed by atoms with Crippen LogP contribution in [0.25, 0.3) is 12.2 Å². The standard InChI is InChI=1S/C12H14O/c1-3-6-10-8-5-9-11(7-4-2)12(10)13/h3-9,13H,1-2H3/b6-3-,7-4+. The van der Waals surface area contributed by atoms with E-state index in [2.05, 4.69) is 0 Å². The molecule has 0 heterocycles. The summed E-state index contributed by atoms with van der Waals surface area (Å²) in [7, 11) is 0. The molecule has 0 saturated heterocycles. The second-order valence-electron chi connectivity index (χ2n) is 2.79. The Hall–Kier alpha value is -1.50. The zero-order chi connectivity index (χ0) is 9.68. The summed E-state index contributed by atoms with van der Waals surface area (Å²) >= 11 is 0. The van der Waals surface area contributed by atoms with Crippen molar-refractivity contribution in [2.24, 2.45) is 0 Å². The van der Waals surface area contributed by atoms with Gasteiger partial charge in [-0.05, 0) is 13.8 Å². The first kappa shape index (κ1) is 9.59. The number of aromatic hydroxyl groups is 1. The fourth-order valence-electron chi connectivity index (χ4n) is 1.21. The van der Waals surface area contributed by atoms with E-state index in [9.17, 15) is 5.11 Å². The van der Waals surface area contributed by atoms with Gasteiger partial charge in [0.2, 0.25) is 0 Å². The van der Waals surface area contributed by atoms with E-state index >= 15 is 0 Å². The summed E-state index contributed by atoms with van der Waals surface area (Å²) in [5.74, 6) is 0.346. The molecule has 0 aromatic heterocycles. The van der Waals surface area contributed by atoms with Crippen LogP contribution in [0.15, 0.2) is 30.4 Å². The van der Waals surface area contributed by atoms with E-state index < -0.39 is 0 Å². The van der Waals surface area contributed by atoms with Crippen LogP contribution in [-0.2, 0) is 0 Å². The van der Waals surface area contributed by atoms with Gasteiger partial charge in [-0.2, -0.15) is 0 Å².